The highest BCUT2D eigenvalue weighted by atomic mass is 16.3. The van der Waals surface area contributed by atoms with Crippen molar-refractivity contribution in [3.8, 4) is 0 Å². The van der Waals surface area contributed by atoms with Crippen molar-refractivity contribution in [3.05, 3.63) is 0 Å². The van der Waals surface area contributed by atoms with Crippen LogP contribution in [0.3, 0.4) is 0 Å². The number of carbonyl (C=O) groups excluding carboxylic acids is 1. The Bertz CT molecular complexity index is 260. The maximum absolute atomic E-state index is 12.1. The Morgan fingerprint density at radius 2 is 2.31 bits per heavy atom. The summed E-state index contributed by atoms with van der Waals surface area (Å²) >= 11 is 0. The predicted molar refractivity (Wildman–Crippen MR) is 58.8 cm³/mol. The van der Waals surface area contributed by atoms with Gasteiger partial charge in [-0.25, -0.2) is 0 Å². The summed E-state index contributed by atoms with van der Waals surface area (Å²) in [6.45, 7) is 2.10. The van der Waals surface area contributed by atoms with Crippen LogP contribution in [-0.2, 0) is 4.79 Å². The van der Waals surface area contributed by atoms with Crippen molar-refractivity contribution in [2.24, 2.45) is 5.92 Å². The second kappa shape index (κ2) is 5.12. The summed E-state index contributed by atoms with van der Waals surface area (Å²) in [5.74, 6) is 0.304. The fraction of sp³-hybridized carbons (Fsp3) is 0.909. The highest BCUT2D eigenvalue weighted by molar-refractivity contribution is 5.82. The van der Waals surface area contributed by atoms with E-state index in [1.54, 1.807) is 0 Å². The highest BCUT2D eigenvalue weighted by Crippen LogP contribution is 2.18. The smallest absolute Gasteiger partial charge is 0.239 e. The Labute approximate surface area is 95.4 Å². The third-order valence-corrected chi connectivity index (χ3v) is 3.49. The summed E-state index contributed by atoms with van der Waals surface area (Å²) in [7, 11) is 0. The number of piperidine rings is 1. The van der Waals surface area contributed by atoms with Crippen molar-refractivity contribution in [2.45, 2.75) is 31.4 Å². The lowest BCUT2D eigenvalue weighted by molar-refractivity contribution is -0.135. The number of nitrogens with zero attached hydrogens (tertiary/aromatic N) is 1. The molecule has 0 aromatic heterocycles. The molecule has 3 atom stereocenters. The molecule has 5 nitrogen and oxygen atoms in total. The summed E-state index contributed by atoms with van der Waals surface area (Å²) in [6, 6.07) is -0.229. The first-order valence-corrected chi connectivity index (χ1v) is 6.02. The molecule has 3 unspecified atom stereocenters. The van der Waals surface area contributed by atoms with E-state index in [0.717, 1.165) is 19.4 Å². The monoisotopic (exact) mass is 228 g/mol. The van der Waals surface area contributed by atoms with Crippen LogP contribution in [0.25, 0.3) is 0 Å². The van der Waals surface area contributed by atoms with Crippen molar-refractivity contribution in [1.29, 1.82) is 0 Å². The van der Waals surface area contributed by atoms with Crippen LogP contribution in [-0.4, -0.2) is 59.4 Å². The highest BCUT2D eigenvalue weighted by Gasteiger charge is 2.33. The average Bonchev–Trinajstić information content (AvgIpc) is 2.75. The summed E-state index contributed by atoms with van der Waals surface area (Å²) in [5, 5.41) is 21.5. The first-order valence-electron chi connectivity index (χ1n) is 6.02. The Hall–Kier alpha value is -0.650. The minimum atomic E-state index is -0.396. The second-order valence-corrected chi connectivity index (χ2v) is 4.83. The lowest BCUT2D eigenvalue weighted by atomic mass is 9.98. The molecule has 0 aromatic rings. The first-order chi connectivity index (χ1) is 7.70. The molecule has 2 heterocycles. The molecular formula is C11H20N2O3. The Kier molecular flexibility index (Phi) is 3.78. The number of aliphatic hydroxyl groups is 2. The number of rotatable bonds is 2. The van der Waals surface area contributed by atoms with Crippen LogP contribution in [0.1, 0.15) is 19.3 Å². The zero-order valence-electron chi connectivity index (χ0n) is 9.43. The van der Waals surface area contributed by atoms with Gasteiger partial charge in [0, 0.05) is 26.2 Å². The van der Waals surface area contributed by atoms with Gasteiger partial charge >= 0.3 is 0 Å². The average molecular weight is 228 g/mol. The molecule has 5 heteroatoms. The largest absolute Gasteiger partial charge is 0.396 e. The zero-order chi connectivity index (χ0) is 11.5. The van der Waals surface area contributed by atoms with Gasteiger partial charge in [0.25, 0.3) is 0 Å². The van der Waals surface area contributed by atoms with E-state index in [9.17, 15) is 9.90 Å². The Balaban J connectivity index is 1.89. The van der Waals surface area contributed by atoms with Gasteiger partial charge in [-0.05, 0) is 25.2 Å². The third-order valence-electron chi connectivity index (χ3n) is 3.49. The molecule has 2 rings (SSSR count). The van der Waals surface area contributed by atoms with Gasteiger partial charge in [-0.3, -0.25) is 4.79 Å². The van der Waals surface area contributed by atoms with E-state index in [0.29, 0.717) is 19.5 Å². The number of β-amino-alcohol motifs (C(OH)–C–C–N with tert-alkyl or cyclic N) is 1. The summed E-state index contributed by atoms with van der Waals surface area (Å²) < 4.78 is 0. The molecule has 1 amide bonds. The number of nitrogens with one attached hydrogen (secondary N) is 1. The van der Waals surface area contributed by atoms with E-state index in [1.807, 2.05) is 4.90 Å². The van der Waals surface area contributed by atoms with E-state index < -0.39 is 6.10 Å². The lowest BCUT2D eigenvalue weighted by Gasteiger charge is -2.33. The van der Waals surface area contributed by atoms with Crippen molar-refractivity contribution >= 4 is 5.91 Å². The van der Waals surface area contributed by atoms with E-state index in [-0.39, 0.29) is 24.5 Å². The van der Waals surface area contributed by atoms with E-state index >= 15 is 0 Å². The molecule has 2 saturated heterocycles. The van der Waals surface area contributed by atoms with Crippen molar-refractivity contribution in [1.82, 2.24) is 10.2 Å². The van der Waals surface area contributed by atoms with Gasteiger partial charge in [-0.1, -0.05) is 0 Å². The van der Waals surface area contributed by atoms with Gasteiger partial charge < -0.3 is 20.4 Å². The lowest BCUT2D eigenvalue weighted by Crippen LogP contribution is -2.48. The minimum Gasteiger partial charge on any atom is -0.396 e. The van der Waals surface area contributed by atoms with Crippen LogP contribution in [0.5, 0.6) is 0 Å². The van der Waals surface area contributed by atoms with Gasteiger partial charge in [-0.15, -0.1) is 0 Å². The standard InChI is InChI=1S/C11H20N2O3/c14-7-8-2-1-3-13(6-8)11(16)10-4-9(15)5-12-10/h8-10,12,14-15H,1-7H2. The summed E-state index contributed by atoms with van der Waals surface area (Å²) in [5.41, 5.74) is 0. The first kappa shape index (κ1) is 11.8. The number of likely N-dealkylation sites (tertiary alicyclic amines) is 1. The fourth-order valence-electron chi connectivity index (χ4n) is 2.54. The molecule has 0 bridgehead atoms. The molecule has 0 saturated carbocycles. The Morgan fingerprint density at radius 3 is 2.94 bits per heavy atom. The SMILES string of the molecule is O=C(C1CC(O)CN1)N1CCCC(CO)C1. The Morgan fingerprint density at radius 1 is 1.50 bits per heavy atom. The number of carbonyl (C=O) groups is 1. The van der Waals surface area contributed by atoms with Gasteiger partial charge in [0.15, 0.2) is 0 Å². The van der Waals surface area contributed by atoms with Gasteiger partial charge in [0.2, 0.25) is 5.91 Å². The van der Waals surface area contributed by atoms with Crippen molar-refractivity contribution in [3.63, 3.8) is 0 Å². The predicted octanol–water partition coefficient (Wildman–Crippen LogP) is -1.06. The van der Waals surface area contributed by atoms with Crippen LogP contribution in [0, 0.1) is 5.92 Å². The van der Waals surface area contributed by atoms with Crippen LogP contribution in [0.4, 0.5) is 0 Å². The van der Waals surface area contributed by atoms with Gasteiger partial charge in [0.05, 0.1) is 12.1 Å². The van der Waals surface area contributed by atoms with Crippen LogP contribution in [0.15, 0.2) is 0 Å². The summed E-state index contributed by atoms with van der Waals surface area (Å²) in [6.07, 6.45) is 2.08. The van der Waals surface area contributed by atoms with E-state index in [4.69, 9.17) is 5.11 Å². The summed E-state index contributed by atoms with van der Waals surface area (Å²) in [4.78, 5) is 13.9. The molecule has 2 fully saturated rings. The molecule has 3 N–H and O–H groups in total. The molecule has 0 aromatic carbocycles. The quantitative estimate of drug-likeness (QED) is 0.563. The molecular weight excluding hydrogens is 208 g/mol. The van der Waals surface area contributed by atoms with E-state index in [2.05, 4.69) is 5.32 Å². The fourth-order valence-corrected chi connectivity index (χ4v) is 2.54. The minimum absolute atomic E-state index is 0.0784. The molecule has 0 spiro atoms. The second-order valence-electron chi connectivity index (χ2n) is 4.83. The van der Waals surface area contributed by atoms with Crippen LogP contribution >= 0.6 is 0 Å². The topological polar surface area (TPSA) is 72.8 Å². The van der Waals surface area contributed by atoms with E-state index in [1.165, 1.54) is 0 Å². The van der Waals surface area contributed by atoms with Crippen LogP contribution < -0.4 is 5.32 Å². The molecule has 0 radical (unpaired) electrons. The molecule has 2 aliphatic rings. The maximum Gasteiger partial charge on any atom is 0.239 e. The normalized spacial score (nSPS) is 35.4. The number of hydrogen-bond acceptors (Lipinski definition) is 4. The number of hydrogen-bond donors (Lipinski definition) is 3. The number of aliphatic hydroxyl groups excluding tert-OH is 2. The molecule has 0 aliphatic carbocycles. The van der Waals surface area contributed by atoms with Gasteiger partial charge in [0.1, 0.15) is 0 Å². The third kappa shape index (κ3) is 2.53. The molecule has 16 heavy (non-hydrogen) atoms. The maximum atomic E-state index is 12.1. The van der Waals surface area contributed by atoms with Crippen molar-refractivity contribution < 1.29 is 15.0 Å². The number of amides is 1. The van der Waals surface area contributed by atoms with Gasteiger partial charge in [-0.2, -0.15) is 0 Å². The molecule has 92 valence electrons. The molecule has 2 aliphatic heterocycles. The van der Waals surface area contributed by atoms with Crippen LogP contribution in [0.2, 0.25) is 0 Å². The zero-order valence-corrected chi connectivity index (χ0v) is 9.43. The van der Waals surface area contributed by atoms with Crippen molar-refractivity contribution in [2.75, 3.05) is 26.2 Å².